The van der Waals surface area contributed by atoms with Gasteiger partial charge in [-0.3, -0.25) is 4.90 Å². The van der Waals surface area contributed by atoms with Gasteiger partial charge in [-0.1, -0.05) is 36.4 Å². The average molecular weight is 254 g/mol. The predicted octanol–water partition coefficient (Wildman–Crippen LogP) is 2.42. The van der Waals surface area contributed by atoms with Crippen molar-refractivity contribution in [2.24, 2.45) is 0 Å². The van der Waals surface area contributed by atoms with Crippen molar-refractivity contribution in [3.05, 3.63) is 54.0 Å². The molecule has 0 radical (unpaired) electrons. The molecule has 0 spiro atoms. The second kappa shape index (κ2) is 4.28. The molecule has 5 nitrogen and oxygen atoms in total. The zero-order chi connectivity index (χ0) is 13.4. The first-order chi connectivity index (χ1) is 9.15. The lowest BCUT2D eigenvalue weighted by atomic mass is 10.1. The summed E-state index contributed by atoms with van der Waals surface area (Å²) in [4.78, 5) is 20.8. The quantitative estimate of drug-likeness (QED) is 0.864. The molecule has 0 bridgehead atoms. The Morgan fingerprint density at radius 3 is 2.79 bits per heavy atom. The van der Waals surface area contributed by atoms with Crippen LogP contribution in [0.3, 0.4) is 0 Å². The summed E-state index contributed by atoms with van der Waals surface area (Å²) in [7, 11) is 0. The van der Waals surface area contributed by atoms with Crippen molar-refractivity contribution in [3.8, 4) is 0 Å². The van der Waals surface area contributed by atoms with Crippen LogP contribution in [0.5, 0.6) is 0 Å². The second-order valence-corrected chi connectivity index (χ2v) is 4.58. The minimum Gasteiger partial charge on any atom is -0.342 e. The number of carbonyl (C=O) groups excluding carboxylic acids is 1. The molecule has 3 rings (SSSR count). The van der Waals surface area contributed by atoms with E-state index in [2.05, 4.69) is 21.9 Å². The van der Waals surface area contributed by atoms with E-state index < -0.39 is 0 Å². The lowest BCUT2D eigenvalue weighted by molar-refractivity contribution is 0.249. The summed E-state index contributed by atoms with van der Waals surface area (Å²) in [6, 6.07) is 7.88. The van der Waals surface area contributed by atoms with Gasteiger partial charge in [0.2, 0.25) is 0 Å². The van der Waals surface area contributed by atoms with Gasteiger partial charge in [-0.2, -0.15) is 0 Å². The normalized spacial score (nSPS) is 14.3. The number of aromatic amines is 1. The van der Waals surface area contributed by atoms with Crippen molar-refractivity contribution >= 4 is 17.5 Å². The number of urea groups is 1. The van der Waals surface area contributed by atoms with Gasteiger partial charge < -0.3 is 10.3 Å². The third-order valence-electron chi connectivity index (χ3n) is 3.14. The van der Waals surface area contributed by atoms with Gasteiger partial charge in [-0.05, 0) is 12.5 Å². The summed E-state index contributed by atoms with van der Waals surface area (Å²) in [5, 5.41) is 2.72. The molecule has 2 aromatic rings. The number of aromatic nitrogens is 2. The van der Waals surface area contributed by atoms with Crippen LogP contribution in [0.2, 0.25) is 0 Å². The molecule has 96 valence electrons. The Morgan fingerprint density at radius 1 is 1.32 bits per heavy atom. The van der Waals surface area contributed by atoms with Crippen LogP contribution < -0.4 is 10.2 Å². The number of nitrogens with one attached hydrogen (secondary N) is 2. The second-order valence-electron chi connectivity index (χ2n) is 4.58. The van der Waals surface area contributed by atoms with Crippen LogP contribution >= 0.6 is 0 Å². The van der Waals surface area contributed by atoms with E-state index in [1.54, 1.807) is 11.2 Å². The van der Waals surface area contributed by atoms with Gasteiger partial charge in [0.1, 0.15) is 5.69 Å². The molecule has 0 atom stereocenters. The maximum Gasteiger partial charge on any atom is 0.327 e. The van der Waals surface area contributed by atoms with Crippen molar-refractivity contribution in [1.29, 1.82) is 0 Å². The molecule has 0 aliphatic carbocycles. The molecule has 0 saturated heterocycles. The highest BCUT2D eigenvalue weighted by atomic mass is 16.2. The number of carbonyl (C=O) groups is 1. The van der Waals surface area contributed by atoms with E-state index in [4.69, 9.17) is 0 Å². The Kier molecular flexibility index (Phi) is 2.59. The third-order valence-corrected chi connectivity index (χ3v) is 3.14. The number of fused-ring (bicyclic) bond motifs is 1. The first-order valence-electron chi connectivity index (χ1n) is 6.02. The maximum absolute atomic E-state index is 12.0. The first-order valence-corrected chi connectivity index (χ1v) is 6.02. The molecule has 0 saturated carbocycles. The molecular weight excluding hydrogens is 240 g/mol. The largest absolute Gasteiger partial charge is 0.342 e. The van der Waals surface area contributed by atoms with Gasteiger partial charge in [0.05, 0.1) is 18.6 Å². The molecule has 1 aromatic heterocycles. The number of imidazole rings is 1. The number of H-pyrrole nitrogens is 1. The zero-order valence-corrected chi connectivity index (χ0v) is 10.6. The topological polar surface area (TPSA) is 61.0 Å². The minimum atomic E-state index is -0.204. The van der Waals surface area contributed by atoms with E-state index >= 15 is 0 Å². The highest BCUT2D eigenvalue weighted by Gasteiger charge is 2.28. The van der Waals surface area contributed by atoms with E-state index in [0.717, 1.165) is 11.3 Å². The Labute approximate surface area is 111 Å². The van der Waals surface area contributed by atoms with E-state index in [-0.39, 0.29) is 6.03 Å². The summed E-state index contributed by atoms with van der Waals surface area (Å²) in [6.45, 7) is 6.32. The fraction of sp³-hybridized carbons (Fsp3) is 0.143. The van der Waals surface area contributed by atoms with Gasteiger partial charge in [-0.15, -0.1) is 0 Å². The summed E-state index contributed by atoms with van der Waals surface area (Å²) >= 11 is 0. The molecule has 5 heteroatoms. The Morgan fingerprint density at radius 2 is 2.05 bits per heavy atom. The first kappa shape index (κ1) is 11.5. The average Bonchev–Trinajstić information content (AvgIpc) is 2.86. The highest BCUT2D eigenvalue weighted by Crippen LogP contribution is 2.27. The molecule has 2 N–H and O–H groups in total. The Bertz CT molecular complexity index is 642. The zero-order valence-electron chi connectivity index (χ0n) is 10.6. The lowest BCUT2D eigenvalue weighted by Crippen LogP contribution is -2.42. The summed E-state index contributed by atoms with van der Waals surface area (Å²) in [6.07, 6.45) is 1.57. The molecule has 1 aliphatic rings. The van der Waals surface area contributed by atoms with Crippen LogP contribution in [0.15, 0.2) is 37.2 Å². The fourth-order valence-electron chi connectivity index (χ4n) is 2.09. The molecule has 1 aliphatic heterocycles. The van der Waals surface area contributed by atoms with Gasteiger partial charge in [0.15, 0.2) is 5.82 Å². The number of nitrogens with zero attached hydrogens (tertiary/aromatic N) is 2. The van der Waals surface area contributed by atoms with E-state index in [1.165, 1.54) is 5.56 Å². The van der Waals surface area contributed by atoms with Gasteiger partial charge in [0.25, 0.3) is 0 Å². The van der Waals surface area contributed by atoms with Crippen LogP contribution in [0.1, 0.15) is 16.8 Å². The van der Waals surface area contributed by atoms with Crippen molar-refractivity contribution in [1.82, 2.24) is 15.3 Å². The molecule has 2 amide bonds. The minimum absolute atomic E-state index is 0.204. The maximum atomic E-state index is 12.0. The van der Waals surface area contributed by atoms with Crippen LogP contribution in [-0.2, 0) is 6.54 Å². The summed E-state index contributed by atoms with van der Waals surface area (Å²) in [5.74, 6) is 0.620. The highest BCUT2D eigenvalue weighted by molar-refractivity contribution is 6.02. The molecule has 0 fully saturated rings. The number of anilines is 1. The van der Waals surface area contributed by atoms with Crippen LogP contribution in [0.4, 0.5) is 10.6 Å². The molecule has 1 aromatic carbocycles. The SMILES string of the molecule is C=C1NC(=O)N(Cc2ccc(C)cc2)c2nc[nH]c21. The predicted molar refractivity (Wildman–Crippen MR) is 73.5 cm³/mol. The fourth-order valence-corrected chi connectivity index (χ4v) is 2.09. The number of benzene rings is 1. The lowest BCUT2D eigenvalue weighted by Gasteiger charge is -2.27. The molecular formula is C14H14N4O. The van der Waals surface area contributed by atoms with Gasteiger partial charge in [-0.25, -0.2) is 9.78 Å². The molecule has 0 unspecified atom stereocenters. The van der Waals surface area contributed by atoms with E-state index in [9.17, 15) is 4.79 Å². The number of hydrogen-bond donors (Lipinski definition) is 2. The van der Waals surface area contributed by atoms with Crippen LogP contribution in [0.25, 0.3) is 5.70 Å². The van der Waals surface area contributed by atoms with Gasteiger partial charge >= 0.3 is 6.03 Å². The van der Waals surface area contributed by atoms with E-state index in [1.807, 2.05) is 31.2 Å². The number of rotatable bonds is 2. The summed E-state index contributed by atoms with van der Waals surface area (Å²) < 4.78 is 0. The van der Waals surface area contributed by atoms with Gasteiger partial charge in [0, 0.05) is 0 Å². The smallest absolute Gasteiger partial charge is 0.327 e. The van der Waals surface area contributed by atoms with Crippen molar-refractivity contribution in [3.63, 3.8) is 0 Å². The standard InChI is InChI=1S/C14H14N4O/c1-9-3-5-11(6-4-9)7-18-13-12(15-8-16-13)10(2)17-14(18)19/h3-6,8H,2,7H2,1H3,(H,15,16)(H,17,19). The van der Waals surface area contributed by atoms with Crippen molar-refractivity contribution < 1.29 is 4.79 Å². The molecule has 19 heavy (non-hydrogen) atoms. The monoisotopic (exact) mass is 254 g/mol. The Hall–Kier alpha value is -2.56. The number of hydrogen-bond acceptors (Lipinski definition) is 2. The van der Waals surface area contributed by atoms with E-state index in [0.29, 0.717) is 18.1 Å². The summed E-state index contributed by atoms with van der Waals surface area (Å²) in [5.41, 5.74) is 3.56. The van der Waals surface area contributed by atoms with Crippen LogP contribution in [-0.4, -0.2) is 16.0 Å². The van der Waals surface area contributed by atoms with Crippen molar-refractivity contribution in [2.75, 3.05) is 4.90 Å². The third kappa shape index (κ3) is 1.99. The van der Waals surface area contributed by atoms with Crippen LogP contribution in [0, 0.1) is 6.92 Å². The Balaban J connectivity index is 1.93. The number of aryl methyl sites for hydroxylation is 1. The van der Waals surface area contributed by atoms with Crippen molar-refractivity contribution in [2.45, 2.75) is 13.5 Å². The number of amides is 2. The molecule has 2 heterocycles.